The van der Waals surface area contributed by atoms with Crippen molar-refractivity contribution in [2.24, 2.45) is 0 Å². The van der Waals surface area contributed by atoms with Gasteiger partial charge in [0.15, 0.2) is 0 Å². The Kier molecular flexibility index (Phi) is 5.63. The van der Waals surface area contributed by atoms with Crippen molar-refractivity contribution in [3.8, 4) is 0 Å². The number of benzene rings is 2. The Bertz CT molecular complexity index is 924. The van der Waals surface area contributed by atoms with Crippen LogP contribution in [0.25, 0.3) is 0 Å². The van der Waals surface area contributed by atoms with Gasteiger partial charge in [0.2, 0.25) is 0 Å². The lowest BCUT2D eigenvalue weighted by Gasteiger charge is -2.09. The molecular formula is C18H17ClN2O2S2. The van der Waals surface area contributed by atoms with Crippen LogP contribution in [-0.4, -0.2) is 15.0 Å². The molecule has 1 aromatic heterocycles. The zero-order valence-electron chi connectivity index (χ0n) is 13.3. The van der Waals surface area contributed by atoms with E-state index in [9.17, 15) is 8.42 Å². The van der Waals surface area contributed by atoms with Crippen molar-refractivity contribution in [2.45, 2.75) is 10.6 Å². The molecule has 3 aromatic rings. The molecule has 0 atom stereocenters. The lowest BCUT2D eigenvalue weighted by atomic mass is 10.1. The van der Waals surface area contributed by atoms with E-state index in [1.807, 2.05) is 36.4 Å². The number of hydrogen-bond donors (Lipinski definition) is 2. The van der Waals surface area contributed by atoms with E-state index in [1.165, 1.54) is 16.9 Å². The van der Waals surface area contributed by atoms with Gasteiger partial charge in [0, 0.05) is 22.9 Å². The average Bonchev–Trinajstić information content (AvgIpc) is 3.12. The van der Waals surface area contributed by atoms with Crippen LogP contribution < -0.4 is 10.0 Å². The standard InChI is InChI=1S/C18H17ClN2O2S2/c19-15-4-1-3-14(13-15)10-11-20-16-6-8-17(9-7-16)21-25(22,23)18-5-2-12-24-18/h1-9,12-13,20-21H,10-11H2. The molecule has 130 valence electrons. The topological polar surface area (TPSA) is 58.2 Å². The molecule has 2 N–H and O–H groups in total. The van der Waals surface area contributed by atoms with Crippen molar-refractivity contribution in [1.29, 1.82) is 0 Å². The smallest absolute Gasteiger partial charge is 0.271 e. The third-order valence-electron chi connectivity index (χ3n) is 3.53. The van der Waals surface area contributed by atoms with Gasteiger partial charge in [-0.15, -0.1) is 11.3 Å². The van der Waals surface area contributed by atoms with Gasteiger partial charge in [-0.3, -0.25) is 4.72 Å². The van der Waals surface area contributed by atoms with Gasteiger partial charge >= 0.3 is 0 Å². The van der Waals surface area contributed by atoms with Crippen molar-refractivity contribution >= 4 is 44.3 Å². The second-order valence-corrected chi connectivity index (χ2v) is 8.72. The van der Waals surface area contributed by atoms with Crippen molar-refractivity contribution in [3.63, 3.8) is 0 Å². The first-order chi connectivity index (χ1) is 12.0. The summed E-state index contributed by atoms with van der Waals surface area (Å²) >= 11 is 7.16. The molecular weight excluding hydrogens is 376 g/mol. The summed E-state index contributed by atoms with van der Waals surface area (Å²) in [6.07, 6.45) is 0.854. The zero-order valence-corrected chi connectivity index (χ0v) is 15.7. The van der Waals surface area contributed by atoms with Crippen molar-refractivity contribution in [1.82, 2.24) is 0 Å². The normalized spacial score (nSPS) is 11.2. The third kappa shape index (κ3) is 4.98. The van der Waals surface area contributed by atoms with Crippen LogP contribution in [0.2, 0.25) is 5.02 Å². The second-order valence-electron chi connectivity index (χ2n) is 5.42. The quantitative estimate of drug-likeness (QED) is 0.603. The van der Waals surface area contributed by atoms with Gasteiger partial charge < -0.3 is 5.32 Å². The summed E-state index contributed by atoms with van der Waals surface area (Å²) in [4.78, 5) is 0. The Morgan fingerprint density at radius 2 is 1.72 bits per heavy atom. The number of anilines is 2. The number of halogens is 1. The first-order valence-corrected chi connectivity index (χ1v) is 10.4. The molecule has 1 heterocycles. The molecule has 0 saturated carbocycles. The van der Waals surface area contributed by atoms with E-state index >= 15 is 0 Å². The molecule has 0 saturated heterocycles. The summed E-state index contributed by atoms with van der Waals surface area (Å²) in [5.41, 5.74) is 2.63. The van der Waals surface area contributed by atoms with Crippen LogP contribution in [-0.2, 0) is 16.4 Å². The van der Waals surface area contributed by atoms with Crippen LogP contribution in [0.4, 0.5) is 11.4 Å². The minimum absolute atomic E-state index is 0.302. The molecule has 0 aliphatic rings. The first-order valence-electron chi connectivity index (χ1n) is 7.68. The van der Waals surface area contributed by atoms with Gasteiger partial charge in [0.05, 0.1) is 0 Å². The maximum Gasteiger partial charge on any atom is 0.271 e. The maximum atomic E-state index is 12.2. The molecule has 4 nitrogen and oxygen atoms in total. The lowest BCUT2D eigenvalue weighted by molar-refractivity contribution is 0.603. The number of hydrogen-bond acceptors (Lipinski definition) is 4. The van der Waals surface area contributed by atoms with E-state index < -0.39 is 10.0 Å². The minimum atomic E-state index is -3.50. The summed E-state index contributed by atoms with van der Waals surface area (Å²) in [7, 11) is -3.50. The van der Waals surface area contributed by atoms with Gasteiger partial charge in [-0.25, -0.2) is 8.42 Å². The van der Waals surface area contributed by atoms with Gasteiger partial charge in [-0.2, -0.15) is 0 Å². The number of nitrogens with one attached hydrogen (secondary N) is 2. The van der Waals surface area contributed by atoms with Crippen molar-refractivity contribution in [2.75, 3.05) is 16.6 Å². The van der Waals surface area contributed by atoms with Crippen LogP contribution in [0.1, 0.15) is 5.56 Å². The molecule has 7 heteroatoms. The Labute approximate surface area is 156 Å². The molecule has 0 unspecified atom stereocenters. The van der Waals surface area contributed by atoms with Crippen LogP contribution in [0, 0.1) is 0 Å². The zero-order chi connectivity index (χ0) is 17.7. The fourth-order valence-corrected chi connectivity index (χ4v) is 4.59. The van der Waals surface area contributed by atoms with Gasteiger partial charge in [0.1, 0.15) is 4.21 Å². The van der Waals surface area contributed by atoms with Crippen molar-refractivity contribution < 1.29 is 8.42 Å². The fraction of sp³-hybridized carbons (Fsp3) is 0.111. The summed E-state index contributed by atoms with van der Waals surface area (Å²) in [6, 6.07) is 18.3. The van der Waals surface area contributed by atoms with Gasteiger partial charge in [-0.1, -0.05) is 29.8 Å². The molecule has 0 spiro atoms. The Balaban J connectivity index is 1.55. The summed E-state index contributed by atoms with van der Waals surface area (Å²) in [5, 5.41) is 5.79. The molecule has 0 amide bonds. The third-order valence-corrected chi connectivity index (χ3v) is 6.54. The van der Waals surface area contributed by atoms with Crippen LogP contribution in [0.15, 0.2) is 70.3 Å². The Morgan fingerprint density at radius 1 is 0.960 bits per heavy atom. The average molecular weight is 393 g/mol. The van der Waals surface area contributed by atoms with Gasteiger partial charge in [0.25, 0.3) is 10.0 Å². The molecule has 0 fully saturated rings. The minimum Gasteiger partial charge on any atom is -0.385 e. The molecule has 0 aliphatic carbocycles. The van der Waals surface area contributed by atoms with Crippen LogP contribution >= 0.6 is 22.9 Å². The van der Waals surface area contributed by atoms with Gasteiger partial charge in [-0.05, 0) is 59.8 Å². The Hall–Kier alpha value is -2.02. The summed E-state index contributed by atoms with van der Waals surface area (Å²) in [5.74, 6) is 0. The Morgan fingerprint density at radius 3 is 2.40 bits per heavy atom. The molecule has 3 rings (SSSR count). The molecule has 0 aliphatic heterocycles. The number of rotatable bonds is 7. The predicted molar refractivity (Wildman–Crippen MR) is 105 cm³/mol. The molecule has 0 bridgehead atoms. The highest BCUT2D eigenvalue weighted by atomic mass is 35.5. The molecule has 0 radical (unpaired) electrons. The molecule has 25 heavy (non-hydrogen) atoms. The monoisotopic (exact) mass is 392 g/mol. The predicted octanol–water partition coefficient (Wildman–Crippen LogP) is 4.86. The van der Waals surface area contributed by atoms with Crippen LogP contribution in [0.5, 0.6) is 0 Å². The van der Waals surface area contributed by atoms with E-state index in [0.717, 1.165) is 23.7 Å². The highest BCUT2D eigenvalue weighted by molar-refractivity contribution is 7.94. The maximum absolute atomic E-state index is 12.2. The fourth-order valence-electron chi connectivity index (χ4n) is 2.32. The highest BCUT2D eigenvalue weighted by Gasteiger charge is 2.14. The van der Waals surface area contributed by atoms with E-state index in [4.69, 9.17) is 11.6 Å². The van der Waals surface area contributed by atoms with E-state index in [2.05, 4.69) is 10.0 Å². The summed E-state index contributed by atoms with van der Waals surface area (Å²) in [6.45, 7) is 0.764. The van der Waals surface area contributed by atoms with E-state index in [-0.39, 0.29) is 0 Å². The van der Waals surface area contributed by atoms with Crippen LogP contribution in [0.3, 0.4) is 0 Å². The summed E-state index contributed by atoms with van der Waals surface area (Å²) < 4.78 is 27.2. The molecule has 2 aromatic carbocycles. The first kappa shape index (κ1) is 17.8. The lowest BCUT2D eigenvalue weighted by Crippen LogP contribution is -2.11. The van der Waals surface area contributed by atoms with E-state index in [1.54, 1.807) is 29.6 Å². The highest BCUT2D eigenvalue weighted by Crippen LogP contribution is 2.21. The number of thiophene rings is 1. The second kappa shape index (κ2) is 7.91. The van der Waals surface area contributed by atoms with Crippen molar-refractivity contribution in [3.05, 3.63) is 76.6 Å². The SMILES string of the molecule is O=S(=O)(Nc1ccc(NCCc2cccc(Cl)c2)cc1)c1cccs1. The van der Waals surface area contributed by atoms with E-state index in [0.29, 0.717) is 9.90 Å². The largest absolute Gasteiger partial charge is 0.385 e. The number of sulfonamides is 1.